The van der Waals surface area contributed by atoms with Gasteiger partial charge in [-0.2, -0.15) is 0 Å². The lowest BCUT2D eigenvalue weighted by molar-refractivity contribution is -0.145. The molecule has 2 aromatic rings. The first-order valence-electron chi connectivity index (χ1n) is 8.34. The number of esters is 1. The van der Waals surface area contributed by atoms with Crippen LogP contribution in [0.2, 0.25) is 10.0 Å². The third-order valence-corrected chi connectivity index (χ3v) is 6.31. The highest BCUT2D eigenvalue weighted by Gasteiger charge is 2.28. The minimum absolute atomic E-state index is 0.215. The van der Waals surface area contributed by atoms with E-state index in [0.717, 1.165) is 7.14 Å². The standard InChI is InChI=1S/C19H18Cl2I2N2O5/c1-28-16-10(20)4-8(5-11(16)21)14(24)18(26)25-15(19(27)30-3)9-6-12(22)17(29-2)13(23)7-9/h4-7,14-15H,24H2,1-3H3,(H,25,26)/t14-,15-/m1/s1. The van der Waals surface area contributed by atoms with Gasteiger partial charge in [0.15, 0.2) is 11.8 Å². The molecule has 0 saturated heterocycles. The summed E-state index contributed by atoms with van der Waals surface area (Å²) in [6, 6.07) is 4.25. The topological polar surface area (TPSA) is 99.9 Å². The number of rotatable bonds is 7. The molecule has 0 aromatic heterocycles. The van der Waals surface area contributed by atoms with Crippen molar-refractivity contribution in [2.75, 3.05) is 21.3 Å². The van der Waals surface area contributed by atoms with Gasteiger partial charge in [-0.3, -0.25) is 4.79 Å². The van der Waals surface area contributed by atoms with Gasteiger partial charge in [0.1, 0.15) is 11.8 Å². The number of ether oxygens (including phenoxy) is 3. The molecule has 162 valence electrons. The zero-order chi connectivity index (χ0) is 22.6. The first-order valence-corrected chi connectivity index (χ1v) is 11.3. The van der Waals surface area contributed by atoms with E-state index in [9.17, 15) is 9.59 Å². The highest BCUT2D eigenvalue weighted by Crippen LogP contribution is 2.35. The van der Waals surface area contributed by atoms with Gasteiger partial charge < -0.3 is 25.3 Å². The summed E-state index contributed by atoms with van der Waals surface area (Å²) >= 11 is 16.5. The van der Waals surface area contributed by atoms with Crippen molar-refractivity contribution < 1.29 is 23.8 Å². The predicted octanol–water partition coefficient (Wildman–Crippen LogP) is 4.25. The van der Waals surface area contributed by atoms with E-state index in [4.69, 9.17) is 43.1 Å². The molecular weight excluding hydrogens is 661 g/mol. The van der Waals surface area contributed by atoms with Crippen LogP contribution in [-0.4, -0.2) is 33.2 Å². The van der Waals surface area contributed by atoms with Crippen LogP contribution >= 0.6 is 68.4 Å². The van der Waals surface area contributed by atoms with Crippen LogP contribution in [0, 0.1) is 7.14 Å². The van der Waals surface area contributed by atoms with E-state index in [1.807, 2.05) is 0 Å². The number of hydrogen-bond donors (Lipinski definition) is 2. The fraction of sp³-hybridized carbons (Fsp3) is 0.263. The van der Waals surface area contributed by atoms with Crippen molar-refractivity contribution in [3.63, 3.8) is 0 Å². The minimum atomic E-state index is -1.13. The van der Waals surface area contributed by atoms with Crippen molar-refractivity contribution in [1.29, 1.82) is 0 Å². The van der Waals surface area contributed by atoms with Gasteiger partial charge in [-0.05, 0) is 80.6 Å². The average Bonchev–Trinajstić information content (AvgIpc) is 2.70. The molecule has 0 aliphatic heterocycles. The molecule has 2 aromatic carbocycles. The van der Waals surface area contributed by atoms with Crippen molar-refractivity contribution in [1.82, 2.24) is 5.32 Å². The van der Waals surface area contributed by atoms with Gasteiger partial charge in [0.05, 0.1) is 38.5 Å². The van der Waals surface area contributed by atoms with E-state index in [1.165, 1.54) is 26.4 Å². The molecule has 0 fully saturated rings. The summed E-state index contributed by atoms with van der Waals surface area (Å²) in [5.41, 5.74) is 6.99. The smallest absolute Gasteiger partial charge is 0.333 e. The van der Waals surface area contributed by atoms with E-state index >= 15 is 0 Å². The molecule has 1 amide bonds. The first kappa shape index (κ1) is 25.2. The van der Waals surface area contributed by atoms with Crippen molar-refractivity contribution in [3.05, 3.63) is 52.6 Å². The predicted molar refractivity (Wildman–Crippen MR) is 131 cm³/mol. The van der Waals surface area contributed by atoms with Crippen LogP contribution in [0.4, 0.5) is 0 Å². The highest BCUT2D eigenvalue weighted by molar-refractivity contribution is 14.1. The van der Waals surface area contributed by atoms with E-state index < -0.39 is 24.0 Å². The van der Waals surface area contributed by atoms with Crippen molar-refractivity contribution >= 4 is 80.3 Å². The Hall–Kier alpha value is -1.02. The van der Waals surface area contributed by atoms with Gasteiger partial charge in [-0.15, -0.1) is 0 Å². The number of nitrogens with two attached hydrogens (primary N) is 1. The zero-order valence-electron chi connectivity index (χ0n) is 16.1. The third-order valence-electron chi connectivity index (χ3n) is 4.15. The number of benzene rings is 2. The van der Waals surface area contributed by atoms with E-state index in [-0.39, 0.29) is 15.8 Å². The quantitative estimate of drug-likeness (QED) is 0.336. The number of carbonyl (C=O) groups is 2. The molecule has 0 aliphatic carbocycles. The molecule has 2 rings (SSSR count). The Morgan fingerprint density at radius 1 is 0.933 bits per heavy atom. The molecule has 0 bridgehead atoms. The lowest BCUT2D eigenvalue weighted by Crippen LogP contribution is -2.40. The first-order chi connectivity index (χ1) is 14.1. The van der Waals surface area contributed by atoms with Crippen molar-refractivity contribution in [3.8, 4) is 11.5 Å². The van der Waals surface area contributed by atoms with Crippen LogP contribution in [0.5, 0.6) is 11.5 Å². The fourth-order valence-corrected chi connectivity index (χ4v) is 5.59. The molecule has 3 N–H and O–H groups in total. The molecule has 11 heteroatoms. The Bertz CT molecular complexity index is 928. The monoisotopic (exact) mass is 678 g/mol. The number of halogens is 4. The zero-order valence-corrected chi connectivity index (χ0v) is 21.9. The van der Waals surface area contributed by atoms with E-state index in [0.29, 0.717) is 16.9 Å². The normalized spacial score (nSPS) is 12.7. The second kappa shape index (κ2) is 11.0. The maximum atomic E-state index is 12.8. The molecular formula is C19H18Cl2I2N2O5. The number of carbonyl (C=O) groups excluding carboxylic acids is 2. The molecule has 0 aliphatic rings. The minimum Gasteiger partial charge on any atom is -0.495 e. The maximum Gasteiger partial charge on any atom is 0.333 e. The Morgan fingerprint density at radius 3 is 1.87 bits per heavy atom. The van der Waals surface area contributed by atoms with Gasteiger partial charge >= 0.3 is 5.97 Å². The van der Waals surface area contributed by atoms with Gasteiger partial charge in [0.2, 0.25) is 5.91 Å². The summed E-state index contributed by atoms with van der Waals surface area (Å²) in [4.78, 5) is 25.2. The number of nitrogens with one attached hydrogen (secondary N) is 1. The molecule has 2 atom stereocenters. The number of amides is 1. The van der Waals surface area contributed by atoms with E-state index in [1.54, 1.807) is 19.2 Å². The second-order valence-electron chi connectivity index (χ2n) is 5.98. The SMILES string of the molecule is COC(=O)[C@H](NC(=O)[C@H](N)c1cc(Cl)c(OC)c(Cl)c1)c1cc(I)c(OC)c(I)c1. The Balaban J connectivity index is 2.35. The largest absolute Gasteiger partial charge is 0.495 e. The van der Waals surface area contributed by atoms with Gasteiger partial charge in [0.25, 0.3) is 0 Å². The van der Waals surface area contributed by atoms with Crippen LogP contribution in [0.25, 0.3) is 0 Å². The van der Waals surface area contributed by atoms with Gasteiger partial charge in [-0.25, -0.2) is 4.79 Å². The second-order valence-corrected chi connectivity index (χ2v) is 9.12. The highest BCUT2D eigenvalue weighted by atomic mass is 127. The van der Waals surface area contributed by atoms with Crippen molar-refractivity contribution in [2.45, 2.75) is 12.1 Å². The van der Waals surface area contributed by atoms with Crippen molar-refractivity contribution in [2.24, 2.45) is 5.73 Å². The molecule has 0 spiro atoms. The fourth-order valence-electron chi connectivity index (χ4n) is 2.67. The summed E-state index contributed by atoms with van der Waals surface area (Å²) in [5.74, 6) is -0.291. The third kappa shape index (κ3) is 5.61. The molecule has 7 nitrogen and oxygen atoms in total. The Labute approximate surface area is 211 Å². The van der Waals surface area contributed by atoms with Gasteiger partial charge in [0, 0.05) is 0 Å². The van der Waals surface area contributed by atoms with Crippen LogP contribution in [-0.2, 0) is 14.3 Å². The number of methoxy groups -OCH3 is 3. The van der Waals surface area contributed by atoms with Crippen LogP contribution < -0.4 is 20.5 Å². The van der Waals surface area contributed by atoms with E-state index in [2.05, 4.69) is 50.5 Å². The molecule has 0 saturated carbocycles. The molecule has 0 heterocycles. The summed E-state index contributed by atoms with van der Waals surface area (Å²) in [5, 5.41) is 3.07. The van der Waals surface area contributed by atoms with Crippen LogP contribution in [0.3, 0.4) is 0 Å². The molecule has 30 heavy (non-hydrogen) atoms. The molecule has 0 radical (unpaired) electrons. The van der Waals surface area contributed by atoms with Crippen LogP contribution in [0.15, 0.2) is 24.3 Å². The Kier molecular flexibility index (Phi) is 9.28. The maximum absolute atomic E-state index is 12.8. The summed E-state index contributed by atoms with van der Waals surface area (Å²) in [6.07, 6.45) is 0. The van der Waals surface area contributed by atoms with Crippen LogP contribution in [0.1, 0.15) is 23.2 Å². The summed E-state index contributed by atoms with van der Waals surface area (Å²) in [7, 11) is 4.23. The summed E-state index contributed by atoms with van der Waals surface area (Å²) in [6.45, 7) is 0. The molecule has 0 unspecified atom stereocenters. The Morgan fingerprint density at radius 2 is 1.43 bits per heavy atom. The van der Waals surface area contributed by atoms with Gasteiger partial charge in [-0.1, -0.05) is 23.2 Å². The lowest BCUT2D eigenvalue weighted by Gasteiger charge is -2.21. The number of hydrogen-bond acceptors (Lipinski definition) is 6. The summed E-state index contributed by atoms with van der Waals surface area (Å²) < 4.78 is 16.9. The lowest BCUT2D eigenvalue weighted by atomic mass is 10.0. The average molecular weight is 679 g/mol.